The first kappa shape index (κ1) is 15.7. The van der Waals surface area contributed by atoms with Crippen LogP contribution >= 0.6 is 0 Å². The number of nitrogens with zero attached hydrogens (tertiary/aromatic N) is 1. The van der Waals surface area contributed by atoms with Gasteiger partial charge in [-0.05, 0) is 45.7 Å². The molecule has 2 nitrogen and oxygen atoms in total. The Balaban J connectivity index is 2.36. The number of hydrogen-bond donors (Lipinski definition) is 0. The molecule has 18 heavy (non-hydrogen) atoms. The van der Waals surface area contributed by atoms with Crippen molar-refractivity contribution >= 4 is 5.78 Å². The summed E-state index contributed by atoms with van der Waals surface area (Å²) in [7, 11) is 0. The number of likely N-dealkylation sites (tertiary alicyclic amines) is 1. The molecule has 0 amide bonds. The Bertz CT molecular complexity index is 245. The zero-order valence-corrected chi connectivity index (χ0v) is 12.6. The molecule has 0 aliphatic carbocycles. The number of unbranched alkanes of at least 4 members (excludes halogenated alkanes) is 4. The van der Waals surface area contributed by atoms with Gasteiger partial charge in [-0.25, -0.2) is 0 Å². The largest absolute Gasteiger partial charge is 0.298 e. The molecule has 1 saturated heterocycles. The molecule has 1 aliphatic rings. The molecular formula is C16H31NO. The first-order valence-corrected chi connectivity index (χ1v) is 7.93. The van der Waals surface area contributed by atoms with E-state index in [-0.39, 0.29) is 5.54 Å². The van der Waals surface area contributed by atoms with E-state index in [9.17, 15) is 4.79 Å². The second-order valence-corrected chi connectivity index (χ2v) is 5.91. The van der Waals surface area contributed by atoms with E-state index in [1.54, 1.807) is 0 Å². The molecule has 1 unspecified atom stereocenters. The van der Waals surface area contributed by atoms with Gasteiger partial charge in [0, 0.05) is 6.42 Å². The van der Waals surface area contributed by atoms with Crippen LogP contribution < -0.4 is 0 Å². The summed E-state index contributed by atoms with van der Waals surface area (Å²) < 4.78 is 0. The lowest BCUT2D eigenvalue weighted by molar-refractivity contribution is -0.130. The smallest absolute Gasteiger partial charge is 0.152 e. The van der Waals surface area contributed by atoms with Gasteiger partial charge < -0.3 is 0 Å². The second-order valence-electron chi connectivity index (χ2n) is 5.91. The predicted molar refractivity (Wildman–Crippen MR) is 77.9 cm³/mol. The van der Waals surface area contributed by atoms with E-state index >= 15 is 0 Å². The zero-order chi connectivity index (χ0) is 13.4. The molecule has 0 spiro atoms. The number of ketones is 1. The third-order valence-electron chi connectivity index (χ3n) is 4.60. The average molecular weight is 253 g/mol. The summed E-state index contributed by atoms with van der Waals surface area (Å²) in [6.07, 6.45) is 10.4. The summed E-state index contributed by atoms with van der Waals surface area (Å²) in [5.74, 6) is 0.475. The number of Topliss-reactive ketones (excluding diaryl/α,β-unsaturated/α-hetero) is 1. The Morgan fingerprint density at radius 1 is 1.06 bits per heavy atom. The minimum atomic E-state index is -0.179. The lowest BCUT2D eigenvalue weighted by atomic mass is 9.88. The number of carbonyl (C=O) groups is 1. The molecule has 1 heterocycles. The molecule has 0 aromatic heterocycles. The fourth-order valence-corrected chi connectivity index (χ4v) is 2.97. The molecular weight excluding hydrogens is 222 g/mol. The van der Waals surface area contributed by atoms with Gasteiger partial charge in [-0.3, -0.25) is 9.69 Å². The maximum absolute atomic E-state index is 12.5. The fourth-order valence-electron chi connectivity index (χ4n) is 2.97. The van der Waals surface area contributed by atoms with E-state index in [4.69, 9.17) is 0 Å². The maximum Gasteiger partial charge on any atom is 0.152 e. The Morgan fingerprint density at radius 2 is 1.67 bits per heavy atom. The third kappa shape index (κ3) is 4.08. The highest BCUT2D eigenvalue weighted by atomic mass is 16.1. The zero-order valence-electron chi connectivity index (χ0n) is 12.6. The minimum Gasteiger partial charge on any atom is -0.298 e. The molecule has 0 aromatic carbocycles. The third-order valence-corrected chi connectivity index (χ3v) is 4.60. The van der Waals surface area contributed by atoms with Crippen LogP contribution in [-0.4, -0.2) is 29.3 Å². The van der Waals surface area contributed by atoms with Gasteiger partial charge in [-0.15, -0.1) is 0 Å². The van der Waals surface area contributed by atoms with Crippen LogP contribution in [0.5, 0.6) is 0 Å². The van der Waals surface area contributed by atoms with E-state index in [0.29, 0.717) is 5.78 Å². The molecule has 0 saturated carbocycles. The van der Waals surface area contributed by atoms with Gasteiger partial charge in [-0.2, -0.15) is 0 Å². The first-order chi connectivity index (χ1) is 8.65. The van der Waals surface area contributed by atoms with Gasteiger partial charge in [0.15, 0.2) is 5.78 Å². The van der Waals surface area contributed by atoms with Crippen molar-refractivity contribution in [2.75, 3.05) is 13.1 Å². The molecule has 2 heteroatoms. The summed E-state index contributed by atoms with van der Waals surface area (Å²) in [5.41, 5.74) is -0.179. The predicted octanol–water partition coefficient (Wildman–Crippen LogP) is 4.18. The van der Waals surface area contributed by atoms with Gasteiger partial charge >= 0.3 is 0 Å². The number of carbonyl (C=O) groups excluding carboxylic acids is 1. The van der Waals surface area contributed by atoms with Crippen LogP contribution in [0.15, 0.2) is 0 Å². The highest BCUT2D eigenvalue weighted by molar-refractivity contribution is 5.87. The highest BCUT2D eigenvalue weighted by Gasteiger charge is 2.37. The molecule has 1 aliphatic heterocycles. The summed E-state index contributed by atoms with van der Waals surface area (Å²) in [6.45, 7) is 8.78. The Labute approximate surface area is 113 Å². The molecule has 1 atom stereocenters. The van der Waals surface area contributed by atoms with Crippen molar-refractivity contribution in [2.45, 2.75) is 84.1 Å². The molecule has 0 aromatic rings. The van der Waals surface area contributed by atoms with E-state index in [2.05, 4.69) is 25.7 Å². The van der Waals surface area contributed by atoms with Gasteiger partial charge in [0.05, 0.1) is 5.54 Å². The van der Waals surface area contributed by atoms with Crippen LogP contribution in [0.2, 0.25) is 0 Å². The Hall–Kier alpha value is -0.370. The monoisotopic (exact) mass is 253 g/mol. The summed E-state index contributed by atoms with van der Waals surface area (Å²) in [5, 5.41) is 0. The van der Waals surface area contributed by atoms with E-state index in [1.165, 1.54) is 38.5 Å². The topological polar surface area (TPSA) is 20.3 Å². The summed E-state index contributed by atoms with van der Waals surface area (Å²) >= 11 is 0. The van der Waals surface area contributed by atoms with Crippen molar-refractivity contribution in [1.29, 1.82) is 0 Å². The van der Waals surface area contributed by atoms with Crippen LogP contribution in [0.25, 0.3) is 0 Å². The fraction of sp³-hybridized carbons (Fsp3) is 0.938. The van der Waals surface area contributed by atoms with Crippen molar-refractivity contribution < 1.29 is 4.79 Å². The molecule has 106 valence electrons. The SMILES string of the molecule is CCCCCCCC(=O)C(C)(CC)N1CCCC1. The Kier molecular flexibility index (Phi) is 6.91. The van der Waals surface area contributed by atoms with E-state index in [0.717, 1.165) is 32.4 Å². The molecule has 1 fully saturated rings. The van der Waals surface area contributed by atoms with Gasteiger partial charge in [0.1, 0.15) is 0 Å². The normalized spacial score (nSPS) is 19.9. The van der Waals surface area contributed by atoms with Gasteiger partial charge in [-0.1, -0.05) is 39.5 Å². The van der Waals surface area contributed by atoms with Crippen molar-refractivity contribution in [1.82, 2.24) is 4.90 Å². The van der Waals surface area contributed by atoms with Crippen LogP contribution in [0.1, 0.15) is 78.6 Å². The second kappa shape index (κ2) is 7.93. The van der Waals surface area contributed by atoms with Crippen LogP contribution in [-0.2, 0) is 4.79 Å². The number of hydrogen-bond acceptors (Lipinski definition) is 2. The van der Waals surface area contributed by atoms with Gasteiger partial charge in [0.25, 0.3) is 0 Å². The summed E-state index contributed by atoms with van der Waals surface area (Å²) in [6, 6.07) is 0. The van der Waals surface area contributed by atoms with Crippen molar-refractivity contribution in [3.05, 3.63) is 0 Å². The van der Waals surface area contributed by atoms with Crippen molar-refractivity contribution in [3.8, 4) is 0 Å². The number of rotatable bonds is 9. The average Bonchev–Trinajstić information content (AvgIpc) is 2.91. The molecule has 0 N–H and O–H groups in total. The van der Waals surface area contributed by atoms with Crippen LogP contribution in [0, 0.1) is 0 Å². The molecule has 1 rings (SSSR count). The molecule has 0 bridgehead atoms. The summed E-state index contributed by atoms with van der Waals surface area (Å²) in [4.78, 5) is 14.9. The Morgan fingerprint density at radius 3 is 2.22 bits per heavy atom. The van der Waals surface area contributed by atoms with E-state index in [1.807, 2.05) is 0 Å². The molecule has 0 radical (unpaired) electrons. The van der Waals surface area contributed by atoms with Gasteiger partial charge in [0.2, 0.25) is 0 Å². The standard InChI is InChI=1S/C16H31NO/c1-4-6-7-8-9-12-15(18)16(3,5-2)17-13-10-11-14-17/h4-14H2,1-3H3. The minimum absolute atomic E-state index is 0.179. The maximum atomic E-state index is 12.5. The van der Waals surface area contributed by atoms with Crippen molar-refractivity contribution in [3.63, 3.8) is 0 Å². The first-order valence-electron chi connectivity index (χ1n) is 7.93. The quantitative estimate of drug-likeness (QED) is 0.575. The van der Waals surface area contributed by atoms with Crippen LogP contribution in [0.3, 0.4) is 0 Å². The lowest BCUT2D eigenvalue weighted by Gasteiger charge is -2.36. The van der Waals surface area contributed by atoms with Crippen molar-refractivity contribution in [2.24, 2.45) is 0 Å². The lowest BCUT2D eigenvalue weighted by Crippen LogP contribution is -2.50. The highest BCUT2D eigenvalue weighted by Crippen LogP contribution is 2.27. The van der Waals surface area contributed by atoms with Crippen LogP contribution in [0.4, 0.5) is 0 Å². The van der Waals surface area contributed by atoms with E-state index < -0.39 is 0 Å².